The van der Waals surface area contributed by atoms with E-state index in [1.165, 1.54) is 6.08 Å². The summed E-state index contributed by atoms with van der Waals surface area (Å²) in [5.41, 5.74) is 0. The Bertz CT molecular complexity index is 387. The van der Waals surface area contributed by atoms with Gasteiger partial charge in [-0.1, -0.05) is 13.0 Å². The Morgan fingerprint density at radius 2 is 2.06 bits per heavy atom. The fourth-order valence-corrected chi connectivity index (χ4v) is 1.91. The Morgan fingerprint density at radius 1 is 1.47 bits per heavy atom. The zero-order chi connectivity index (χ0) is 12.9. The number of ether oxygens (including phenoxy) is 1. The second-order valence-corrected chi connectivity index (χ2v) is 5.15. The number of morpholine rings is 1. The molecule has 1 aliphatic rings. The maximum absolute atomic E-state index is 12.2. The van der Waals surface area contributed by atoms with E-state index in [4.69, 9.17) is 4.74 Å². The minimum Gasteiger partial charge on any atom is -0.378 e. The topological polar surface area (TPSA) is 63.7 Å². The number of hydrogen-bond acceptors (Lipinski definition) is 4. The second-order valence-electron chi connectivity index (χ2n) is 3.92. The lowest BCUT2D eigenvalue weighted by atomic mass is 10.1. The molecule has 0 aliphatic carbocycles. The van der Waals surface area contributed by atoms with Crippen molar-refractivity contribution in [1.82, 2.24) is 4.90 Å². The van der Waals surface area contributed by atoms with Crippen LogP contribution in [0.25, 0.3) is 0 Å². The van der Waals surface area contributed by atoms with Gasteiger partial charge in [0.25, 0.3) is 0 Å². The molecule has 1 rings (SSSR count). The molecule has 0 aromatic rings. The number of rotatable bonds is 4. The average Bonchev–Trinajstić information content (AvgIpc) is 2.27. The Balaban J connectivity index is 2.44. The number of hydrogen-bond donors (Lipinski definition) is 0. The van der Waals surface area contributed by atoms with E-state index in [2.05, 4.69) is 0 Å². The molecule has 1 aliphatic heterocycles. The summed E-state index contributed by atoms with van der Waals surface area (Å²) in [5, 5.41) is 0.482. The van der Waals surface area contributed by atoms with Crippen molar-refractivity contribution >= 4 is 16.1 Å². The number of carbonyl (C=O) groups is 1. The number of halogens is 1. The smallest absolute Gasteiger partial charge is 0.324 e. The molecule has 0 spiro atoms. The number of allylic oxidation sites excluding steroid dienone is 1. The Labute approximate surface area is 100 Å². The number of amides is 1. The molecular formula is C10H16FNO4S. The molecule has 98 valence electrons. The van der Waals surface area contributed by atoms with E-state index in [9.17, 15) is 17.1 Å². The Morgan fingerprint density at radius 3 is 2.59 bits per heavy atom. The molecular weight excluding hydrogens is 249 g/mol. The van der Waals surface area contributed by atoms with E-state index in [0.717, 1.165) is 0 Å². The van der Waals surface area contributed by atoms with Gasteiger partial charge in [0.15, 0.2) is 0 Å². The predicted octanol–water partition coefficient (Wildman–Crippen LogP) is 0.684. The van der Waals surface area contributed by atoms with Crippen molar-refractivity contribution in [3.63, 3.8) is 0 Å². The van der Waals surface area contributed by atoms with Crippen LogP contribution in [-0.2, 0) is 19.8 Å². The minimum atomic E-state index is -4.60. The van der Waals surface area contributed by atoms with Gasteiger partial charge in [0, 0.05) is 19.0 Å². The molecule has 0 saturated carbocycles. The first-order chi connectivity index (χ1) is 7.90. The molecule has 1 atom stereocenters. The highest BCUT2D eigenvalue weighted by atomic mass is 32.3. The van der Waals surface area contributed by atoms with E-state index < -0.39 is 10.2 Å². The molecule has 0 radical (unpaired) electrons. The summed E-state index contributed by atoms with van der Waals surface area (Å²) in [4.78, 5) is 13.5. The van der Waals surface area contributed by atoms with E-state index in [0.29, 0.717) is 31.7 Å². The van der Waals surface area contributed by atoms with E-state index >= 15 is 0 Å². The summed E-state index contributed by atoms with van der Waals surface area (Å²) in [6, 6.07) is 0. The van der Waals surface area contributed by atoms with Crippen LogP contribution in [0.15, 0.2) is 11.5 Å². The van der Waals surface area contributed by atoms with Crippen LogP contribution in [-0.4, -0.2) is 45.5 Å². The SMILES string of the molecule is CC(C/C=C/S(=O)(=O)F)C(=O)N1CCOCC1. The highest BCUT2D eigenvalue weighted by Crippen LogP contribution is 2.10. The molecule has 1 amide bonds. The van der Waals surface area contributed by atoms with E-state index in [1.807, 2.05) is 0 Å². The molecule has 7 heteroatoms. The molecule has 0 N–H and O–H groups in total. The highest BCUT2D eigenvalue weighted by Gasteiger charge is 2.21. The summed E-state index contributed by atoms with van der Waals surface area (Å²) in [6.45, 7) is 3.83. The molecule has 0 bridgehead atoms. The third kappa shape index (κ3) is 5.27. The van der Waals surface area contributed by atoms with Gasteiger partial charge in [-0.3, -0.25) is 4.79 Å². The van der Waals surface area contributed by atoms with Crippen molar-refractivity contribution in [3.8, 4) is 0 Å². The molecule has 1 heterocycles. The largest absolute Gasteiger partial charge is 0.378 e. The molecule has 1 unspecified atom stereocenters. The van der Waals surface area contributed by atoms with Crippen LogP contribution >= 0.6 is 0 Å². The van der Waals surface area contributed by atoms with Crippen LogP contribution in [0.4, 0.5) is 3.89 Å². The lowest BCUT2D eigenvalue weighted by molar-refractivity contribution is -0.138. The molecule has 0 aromatic carbocycles. The second kappa shape index (κ2) is 6.11. The highest BCUT2D eigenvalue weighted by molar-refractivity contribution is 7.89. The van der Waals surface area contributed by atoms with Crippen LogP contribution in [0.5, 0.6) is 0 Å². The van der Waals surface area contributed by atoms with Gasteiger partial charge in [0.05, 0.1) is 18.6 Å². The predicted molar refractivity (Wildman–Crippen MR) is 60.3 cm³/mol. The third-order valence-electron chi connectivity index (χ3n) is 2.49. The molecule has 1 fully saturated rings. The first-order valence-corrected chi connectivity index (χ1v) is 6.82. The van der Waals surface area contributed by atoms with Gasteiger partial charge in [-0.2, -0.15) is 8.42 Å². The number of nitrogens with zero attached hydrogens (tertiary/aromatic N) is 1. The van der Waals surface area contributed by atoms with Crippen LogP contribution in [0.3, 0.4) is 0 Å². The van der Waals surface area contributed by atoms with E-state index in [1.54, 1.807) is 11.8 Å². The zero-order valence-corrected chi connectivity index (χ0v) is 10.5. The van der Waals surface area contributed by atoms with Crippen LogP contribution < -0.4 is 0 Å². The van der Waals surface area contributed by atoms with Crippen LogP contribution in [0.1, 0.15) is 13.3 Å². The average molecular weight is 265 g/mol. The van der Waals surface area contributed by atoms with Crippen LogP contribution in [0.2, 0.25) is 0 Å². The Hall–Kier alpha value is -0.950. The summed E-state index contributed by atoms with van der Waals surface area (Å²) in [7, 11) is -4.60. The normalized spacial score (nSPS) is 19.5. The summed E-state index contributed by atoms with van der Waals surface area (Å²) >= 11 is 0. The molecule has 0 aromatic heterocycles. The van der Waals surface area contributed by atoms with Gasteiger partial charge in [-0.25, -0.2) is 0 Å². The molecule has 1 saturated heterocycles. The summed E-state index contributed by atoms with van der Waals surface area (Å²) < 4.78 is 37.7. The maximum Gasteiger partial charge on any atom is 0.324 e. The lowest BCUT2D eigenvalue weighted by Gasteiger charge is -2.28. The maximum atomic E-state index is 12.2. The van der Waals surface area contributed by atoms with Gasteiger partial charge in [0.1, 0.15) is 0 Å². The van der Waals surface area contributed by atoms with Crippen molar-refractivity contribution in [3.05, 3.63) is 11.5 Å². The first kappa shape index (κ1) is 14.1. The molecule has 17 heavy (non-hydrogen) atoms. The van der Waals surface area contributed by atoms with Gasteiger partial charge < -0.3 is 9.64 Å². The summed E-state index contributed by atoms with van der Waals surface area (Å²) in [6.07, 6.45) is 1.37. The van der Waals surface area contributed by atoms with Crippen molar-refractivity contribution < 1.29 is 21.8 Å². The number of carbonyl (C=O) groups excluding carboxylic acids is 1. The van der Waals surface area contributed by atoms with Crippen molar-refractivity contribution in [1.29, 1.82) is 0 Å². The fraction of sp³-hybridized carbons (Fsp3) is 0.700. The quantitative estimate of drug-likeness (QED) is 0.701. The fourth-order valence-electron chi connectivity index (χ4n) is 1.57. The first-order valence-electron chi connectivity index (χ1n) is 5.38. The monoisotopic (exact) mass is 265 g/mol. The van der Waals surface area contributed by atoms with Gasteiger partial charge >= 0.3 is 10.2 Å². The third-order valence-corrected chi connectivity index (χ3v) is 3.01. The Kier molecular flexibility index (Phi) is 5.07. The lowest BCUT2D eigenvalue weighted by Crippen LogP contribution is -2.43. The van der Waals surface area contributed by atoms with Gasteiger partial charge in [-0.05, 0) is 6.42 Å². The van der Waals surface area contributed by atoms with Crippen molar-refractivity contribution in [2.24, 2.45) is 5.92 Å². The standard InChI is InChI=1S/C10H16FNO4S/c1-9(3-2-8-17(11,14)15)10(13)12-4-6-16-7-5-12/h2,8-9H,3-7H2,1H3/b8-2+. The zero-order valence-electron chi connectivity index (χ0n) is 9.63. The van der Waals surface area contributed by atoms with Gasteiger partial charge in [0.2, 0.25) is 5.91 Å². The van der Waals surface area contributed by atoms with E-state index in [-0.39, 0.29) is 18.2 Å². The summed E-state index contributed by atoms with van der Waals surface area (Å²) in [5.74, 6) is -0.416. The van der Waals surface area contributed by atoms with Crippen molar-refractivity contribution in [2.75, 3.05) is 26.3 Å². The van der Waals surface area contributed by atoms with Gasteiger partial charge in [-0.15, -0.1) is 3.89 Å². The van der Waals surface area contributed by atoms with Crippen LogP contribution in [0, 0.1) is 5.92 Å². The van der Waals surface area contributed by atoms with Crippen molar-refractivity contribution in [2.45, 2.75) is 13.3 Å². The molecule has 5 nitrogen and oxygen atoms in total. The minimum absolute atomic E-state index is 0.0609.